The predicted molar refractivity (Wildman–Crippen MR) is 78.6 cm³/mol. The van der Waals surface area contributed by atoms with Crippen molar-refractivity contribution in [2.24, 2.45) is 18.8 Å². The average Bonchev–Trinajstić information content (AvgIpc) is 3.04. The fourth-order valence-electron chi connectivity index (χ4n) is 3.17. The van der Waals surface area contributed by atoms with Crippen LogP contribution in [0.1, 0.15) is 56.8 Å². The molecule has 0 radical (unpaired) electrons. The third kappa shape index (κ3) is 4.05. The highest BCUT2D eigenvalue weighted by atomic mass is 15.3. The van der Waals surface area contributed by atoms with Crippen LogP contribution in [0.3, 0.4) is 0 Å². The van der Waals surface area contributed by atoms with Crippen LogP contribution >= 0.6 is 0 Å². The van der Waals surface area contributed by atoms with Crippen molar-refractivity contribution in [3.8, 4) is 0 Å². The number of aromatic nitrogens is 2. The van der Waals surface area contributed by atoms with Crippen molar-refractivity contribution in [3.05, 3.63) is 17.5 Å². The van der Waals surface area contributed by atoms with Crippen LogP contribution in [0.2, 0.25) is 0 Å². The lowest BCUT2D eigenvalue weighted by Crippen LogP contribution is -2.37. The first-order valence-corrected chi connectivity index (χ1v) is 7.70. The van der Waals surface area contributed by atoms with E-state index in [-0.39, 0.29) is 0 Å². The lowest BCUT2D eigenvalue weighted by Gasteiger charge is -2.18. The Kier molecular flexibility index (Phi) is 5.40. The molecular formula is C15H28N4. The number of aryl methyl sites for hydroxylation is 2. The maximum Gasteiger partial charge on any atom is 0.0624 e. The smallest absolute Gasteiger partial charge is 0.0624 e. The van der Waals surface area contributed by atoms with Gasteiger partial charge in [0.1, 0.15) is 0 Å². The maximum atomic E-state index is 5.72. The zero-order valence-corrected chi connectivity index (χ0v) is 12.4. The Labute approximate surface area is 116 Å². The van der Waals surface area contributed by atoms with Crippen LogP contribution in [0.5, 0.6) is 0 Å². The molecule has 0 aromatic carbocycles. The Hall–Kier alpha value is -0.870. The molecule has 3 N–H and O–H groups in total. The van der Waals surface area contributed by atoms with Crippen molar-refractivity contribution >= 4 is 0 Å². The van der Waals surface area contributed by atoms with Gasteiger partial charge in [-0.3, -0.25) is 16.0 Å². The number of hydrogen-bond donors (Lipinski definition) is 2. The summed E-state index contributed by atoms with van der Waals surface area (Å²) < 4.78 is 2.00. The Balaban J connectivity index is 1.84. The summed E-state index contributed by atoms with van der Waals surface area (Å²) in [5, 5.41) is 4.50. The zero-order valence-electron chi connectivity index (χ0n) is 12.4. The summed E-state index contributed by atoms with van der Waals surface area (Å²) in [5.74, 6) is 6.65. The van der Waals surface area contributed by atoms with E-state index in [4.69, 9.17) is 5.84 Å². The summed E-state index contributed by atoms with van der Waals surface area (Å²) in [6.07, 6.45) is 10.1. The number of rotatable bonds is 7. The molecule has 2 rings (SSSR count). The van der Waals surface area contributed by atoms with E-state index >= 15 is 0 Å². The summed E-state index contributed by atoms with van der Waals surface area (Å²) in [5.41, 5.74) is 5.44. The molecule has 0 spiro atoms. The molecule has 1 aliphatic carbocycles. The second-order valence-corrected chi connectivity index (χ2v) is 5.90. The largest absolute Gasteiger partial charge is 0.272 e. The molecular weight excluding hydrogens is 236 g/mol. The molecule has 1 aromatic heterocycles. The fourth-order valence-corrected chi connectivity index (χ4v) is 3.17. The minimum Gasteiger partial charge on any atom is -0.272 e. The van der Waals surface area contributed by atoms with E-state index in [1.165, 1.54) is 49.9 Å². The number of hydrazine groups is 1. The molecule has 19 heavy (non-hydrogen) atoms. The third-order valence-corrected chi connectivity index (χ3v) is 4.48. The van der Waals surface area contributed by atoms with E-state index in [1.54, 1.807) is 0 Å². The molecule has 1 aliphatic rings. The molecule has 1 unspecified atom stereocenters. The number of hydrogen-bond acceptors (Lipinski definition) is 3. The summed E-state index contributed by atoms with van der Waals surface area (Å²) in [4.78, 5) is 0. The number of nitrogens with zero attached hydrogens (tertiary/aromatic N) is 2. The number of nitrogens with one attached hydrogen (secondary N) is 1. The highest BCUT2D eigenvalue weighted by Crippen LogP contribution is 2.29. The van der Waals surface area contributed by atoms with E-state index < -0.39 is 0 Å². The van der Waals surface area contributed by atoms with E-state index in [0.29, 0.717) is 6.04 Å². The third-order valence-electron chi connectivity index (χ3n) is 4.48. The summed E-state index contributed by atoms with van der Waals surface area (Å²) in [6, 6.07) is 2.58. The minimum atomic E-state index is 0.376. The van der Waals surface area contributed by atoms with Gasteiger partial charge >= 0.3 is 0 Å². The first-order chi connectivity index (χ1) is 9.22. The van der Waals surface area contributed by atoms with Crippen molar-refractivity contribution in [1.82, 2.24) is 15.2 Å². The van der Waals surface area contributed by atoms with Gasteiger partial charge in [-0.2, -0.15) is 5.10 Å². The van der Waals surface area contributed by atoms with Crippen molar-refractivity contribution in [2.45, 2.75) is 64.3 Å². The van der Waals surface area contributed by atoms with Gasteiger partial charge in [-0.25, -0.2) is 0 Å². The molecule has 0 saturated heterocycles. The van der Waals surface area contributed by atoms with Crippen LogP contribution < -0.4 is 11.3 Å². The molecule has 0 amide bonds. The monoisotopic (exact) mass is 264 g/mol. The molecule has 108 valence electrons. The van der Waals surface area contributed by atoms with Crippen LogP contribution in [0.15, 0.2) is 6.07 Å². The van der Waals surface area contributed by atoms with Gasteiger partial charge in [0.05, 0.1) is 5.69 Å². The molecule has 1 heterocycles. The molecule has 1 saturated carbocycles. The van der Waals surface area contributed by atoms with E-state index in [2.05, 4.69) is 23.5 Å². The molecule has 4 heteroatoms. The fraction of sp³-hybridized carbons (Fsp3) is 0.800. The molecule has 1 aromatic rings. The summed E-state index contributed by atoms with van der Waals surface area (Å²) in [7, 11) is 2.03. The van der Waals surface area contributed by atoms with Crippen LogP contribution in [0, 0.1) is 5.92 Å². The first kappa shape index (κ1) is 14.5. The second-order valence-electron chi connectivity index (χ2n) is 5.90. The van der Waals surface area contributed by atoms with Crippen molar-refractivity contribution in [3.63, 3.8) is 0 Å². The second kappa shape index (κ2) is 7.06. The topological polar surface area (TPSA) is 55.9 Å². The number of nitrogens with two attached hydrogens (primary N) is 1. The van der Waals surface area contributed by atoms with Crippen LogP contribution in [-0.4, -0.2) is 15.8 Å². The standard InChI is InChI=1S/C15H28N4/c1-3-13-10-15(19(2)18-13)11-14(17-16)9-8-12-6-4-5-7-12/h10,12,14,17H,3-9,11,16H2,1-2H3. The highest BCUT2D eigenvalue weighted by molar-refractivity contribution is 5.11. The maximum absolute atomic E-state index is 5.72. The Morgan fingerprint density at radius 2 is 2.21 bits per heavy atom. The van der Waals surface area contributed by atoms with Gasteiger partial charge < -0.3 is 0 Å². The van der Waals surface area contributed by atoms with Gasteiger partial charge in [-0.05, 0) is 31.2 Å². The molecule has 0 aliphatic heterocycles. The van der Waals surface area contributed by atoms with E-state index in [9.17, 15) is 0 Å². The quantitative estimate of drug-likeness (QED) is 0.587. The van der Waals surface area contributed by atoms with Crippen molar-refractivity contribution in [1.29, 1.82) is 0 Å². The Morgan fingerprint density at radius 1 is 1.47 bits per heavy atom. The predicted octanol–water partition coefficient (Wildman–Crippen LogP) is 2.33. The highest BCUT2D eigenvalue weighted by Gasteiger charge is 2.18. The van der Waals surface area contributed by atoms with Gasteiger partial charge in [0.15, 0.2) is 0 Å². The lowest BCUT2D eigenvalue weighted by molar-refractivity contribution is 0.402. The van der Waals surface area contributed by atoms with Gasteiger partial charge in [-0.15, -0.1) is 0 Å². The molecule has 0 bridgehead atoms. The van der Waals surface area contributed by atoms with E-state index in [1.807, 2.05) is 11.7 Å². The van der Waals surface area contributed by atoms with E-state index in [0.717, 1.165) is 18.8 Å². The first-order valence-electron chi connectivity index (χ1n) is 7.70. The molecule has 1 fully saturated rings. The summed E-state index contributed by atoms with van der Waals surface area (Å²) >= 11 is 0. The normalized spacial score (nSPS) is 18.1. The van der Waals surface area contributed by atoms with Crippen LogP contribution in [0.4, 0.5) is 0 Å². The molecule has 4 nitrogen and oxygen atoms in total. The van der Waals surface area contributed by atoms with Crippen molar-refractivity contribution in [2.75, 3.05) is 0 Å². The van der Waals surface area contributed by atoms with Gasteiger partial charge in [0, 0.05) is 25.2 Å². The Bertz CT molecular complexity index is 379. The average molecular weight is 264 g/mol. The van der Waals surface area contributed by atoms with Gasteiger partial charge in [0.2, 0.25) is 0 Å². The van der Waals surface area contributed by atoms with Crippen LogP contribution in [0.25, 0.3) is 0 Å². The minimum absolute atomic E-state index is 0.376. The van der Waals surface area contributed by atoms with Gasteiger partial charge in [0.25, 0.3) is 0 Å². The summed E-state index contributed by atoms with van der Waals surface area (Å²) in [6.45, 7) is 2.14. The van der Waals surface area contributed by atoms with Crippen molar-refractivity contribution < 1.29 is 0 Å². The SMILES string of the molecule is CCc1cc(CC(CCC2CCCC2)NN)n(C)n1. The Morgan fingerprint density at radius 3 is 2.79 bits per heavy atom. The van der Waals surface area contributed by atoms with Crippen LogP contribution in [-0.2, 0) is 19.9 Å². The van der Waals surface area contributed by atoms with Gasteiger partial charge in [-0.1, -0.05) is 32.6 Å². The zero-order chi connectivity index (χ0) is 13.7. The lowest BCUT2D eigenvalue weighted by atomic mass is 9.96. The molecule has 1 atom stereocenters.